The van der Waals surface area contributed by atoms with E-state index in [2.05, 4.69) is 13.8 Å². The molecule has 5 aliphatic rings. The van der Waals surface area contributed by atoms with Gasteiger partial charge in [0.25, 0.3) is 0 Å². The van der Waals surface area contributed by atoms with Crippen LogP contribution in [0.15, 0.2) is 0 Å². The zero-order valence-corrected chi connectivity index (χ0v) is 14.2. The van der Waals surface area contributed by atoms with Crippen LogP contribution in [0.25, 0.3) is 0 Å². The molecule has 0 N–H and O–H groups in total. The van der Waals surface area contributed by atoms with Crippen molar-refractivity contribution in [3.05, 3.63) is 0 Å². The summed E-state index contributed by atoms with van der Waals surface area (Å²) in [6.45, 7) is 5.93. The molecular weight excluding hydrogens is 272 g/mol. The van der Waals surface area contributed by atoms with Crippen LogP contribution in [0.3, 0.4) is 0 Å². The lowest BCUT2D eigenvalue weighted by Gasteiger charge is -2.60. The van der Waals surface area contributed by atoms with Crippen molar-refractivity contribution in [3.63, 3.8) is 0 Å². The maximum Gasteiger partial charge on any atom is 0.139 e. The Morgan fingerprint density at radius 3 is 2.59 bits per heavy atom. The normalized spacial score (nSPS) is 59.8. The van der Waals surface area contributed by atoms with Gasteiger partial charge in [0.2, 0.25) is 0 Å². The van der Waals surface area contributed by atoms with Gasteiger partial charge in [0.05, 0.1) is 12.2 Å². The van der Waals surface area contributed by atoms with Crippen molar-refractivity contribution in [1.29, 1.82) is 0 Å². The molecule has 1 heterocycles. The number of carbonyl (C=O) groups excluding carboxylic acids is 1. The number of hydrogen-bond donors (Lipinski definition) is 0. The minimum atomic E-state index is 0.0415. The van der Waals surface area contributed by atoms with E-state index in [9.17, 15) is 4.79 Å². The van der Waals surface area contributed by atoms with Crippen molar-refractivity contribution in [1.82, 2.24) is 0 Å². The number of ether oxygens (including phenoxy) is 1. The van der Waals surface area contributed by atoms with Crippen molar-refractivity contribution in [2.75, 3.05) is 6.61 Å². The van der Waals surface area contributed by atoms with Crippen LogP contribution in [0, 0.1) is 34.5 Å². The Bertz CT molecular complexity index is 522. The molecule has 0 bridgehead atoms. The van der Waals surface area contributed by atoms with Crippen LogP contribution in [-0.2, 0) is 9.53 Å². The van der Waals surface area contributed by atoms with Gasteiger partial charge in [-0.2, -0.15) is 0 Å². The highest BCUT2D eigenvalue weighted by atomic mass is 16.6. The van der Waals surface area contributed by atoms with E-state index < -0.39 is 0 Å². The fourth-order valence-electron chi connectivity index (χ4n) is 7.44. The summed E-state index contributed by atoms with van der Waals surface area (Å²) in [5.74, 6) is 3.88. The molecule has 1 spiro atoms. The molecule has 2 nitrogen and oxygen atoms in total. The minimum Gasteiger partial charge on any atom is -0.370 e. The Morgan fingerprint density at radius 1 is 1.00 bits per heavy atom. The second-order valence-corrected chi connectivity index (χ2v) is 9.75. The molecule has 5 rings (SSSR count). The highest BCUT2D eigenvalue weighted by Crippen LogP contribution is 2.67. The predicted molar refractivity (Wildman–Crippen MR) is 85.4 cm³/mol. The van der Waals surface area contributed by atoms with E-state index in [0.29, 0.717) is 22.7 Å². The zero-order chi connectivity index (χ0) is 15.2. The summed E-state index contributed by atoms with van der Waals surface area (Å²) in [7, 11) is 0. The van der Waals surface area contributed by atoms with E-state index >= 15 is 0 Å². The summed E-state index contributed by atoms with van der Waals surface area (Å²) in [5, 5.41) is 0. The Kier molecular flexibility index (Phi) is 2.66. The quantitative estimate of drug-likeness (QED) is 0.622. The number of hydrogen-bond acceptors (Lipinski definition) is 2. The molecule has 5 fully saturated rings. The second kappa shape index (κ2) is 4.18. The van der Waals surface area contributed by atoms with E-state index in [1.807, 2.05) is 0 Å². The average Bonchev–Trinajstić information content (AvgIpc) is 3.19. The molecule has 0 aromatic carbocycles. The molecule has 2 heteroatoms. The molecule has 22 heavy (non-hydrogen) atoms. The highest BCUT2D eigenvalue weighted by Gasteiger charge is 2.63. The van der Waals surface area contributed by atoms with Crippen LogP contribution < -0.4 is 0 Å². The number of Topliss-reactive ketones (excluding diaryl/α,β-unsaturated/α-hetero) is 1. The Balaban J connectivity index is 1.45. The molecular formula is C20H30O2. The van der Waals surface area contributed by atoms with Gasteiger partial charge in [-0.25, -0.2) is 0 Å². The first-order chi connectivity index (χ1) is 10.5. The summed E-state index contributed by atoms with van der Waals surface area (Å²) in [4.78, 5) is 12.4. The SMILES string of the molecule is CC12CCC3C(CCC4CC5(CCC43C)CO5)C1CCC2=O. The number of ketones is 1. The van der Waals surface area contributed by atoms with Crippen molar-refractivity contribution < 1.29 is 9.53 Å². The van der Waals surface area contributed by atoms with Crippen LogP contribution in [-0.4, -0.2) is 18.0 Å². The first-order valence-corrected chi connectivity index (χ1v) is 9.64. The summed E-state index contributed by atoms with van der Waals surface area (Å²) in [5.41, 5.74) is 0.885. The molecule has 4 saturated carbocycles. The van der Waals surface area contributed by atoms with Crippen molar-refractivity contribution in [2.45, 2.75) is 77.2 Å². The largest absolute Gasteiger partial charge is 0.370 e. The molecule has 1 saturated heterocycles. The minimum absolute atomic E-state index is 0.0415. The third-order valence-electron chi connectivity index (χ3n) is 9.06. The molecule has 7 atom stereocenters. The fourth-order valence-corrected chi connectivity index (χ4v) is 7.44. The number of rotatable bonds is 0. The predicted octanol–water partition coefficient (Wildman–Crippen LogP) is 4.37. The van der Waals surface area contributed by atoms with E-state index in [-0.39, 0.29) is 5.41 Å². The van der Waals surface area contributed by atoms with Gasteiger partial charge in [0.15, 0.2) is 0 Å². The maximum absolute atomic E-state index is 12.4. The van der Waals surface area contributed by atoms with Crippen LogP contribution in [0.1, 0.15) is 71.6 Å². The van der Waals surface area contributed by atoms with Crippen molar-refractivity contribution in [2.24, 2.45) is 34.5 Å². The lowest BCUT2D eigenvalue weighted by atomic mass is 9.44. The summed E-state index contributed by atoms with van der Waals surface area (Å²) in [6.07, 6.45) is 11.3. The van der Waals surface area contributed by atoms with Gasteiger partial charge >= 0.3 is 0 Å². The molecule has 1 aliphatic heterocycles. The van der Waals surface area contributed by atoms with Gasteiger partial charge in [-0.15, -0.1) is 0 Å². The smallest absolute Gasteiger partial charge is 0.139 e. The van der Waals surface area contributed by atoms with E-state index in [4.69, 9.17) is 4.74 Å². The third-order valence-corrected chi connectivity index (χ3v) is 9.06. The average molecular weight is 302 g/mol. The van der Waals surface area contributed by atoms with Gasteiger partial charge in [-0.05, 0) is 80.5 Å². The summed E-state index contributed by atoms with van der Waals surface area (Å²) < 4.78 is 5.82. The highest BCUT2D eigenvalue weighted by molar-refractivity contribution is 5.87. The monoisotopic (exact) mass is 302 g/mol. The van der Waals surface area contributed by atoms with Crippen LogP contribution >= 0.6 is 0 Å². The first-order valence-electron chi connectivity index (χ1n) is 9.64. The van der Waals surface area contributed by atoms with Gasteiger partial charge < -0.3 is 4.74 Å². The van der Waals surface area contributed by atoms with Gasteiger partial charge in [0, 0.05) is 11.8 Å². The topological polar surface area (TPSA) is 29.6 Å². The third kappa shape index (κ3) is 1.63. The lowest BCUT2D eigenvalue weighted by molar-refractivity contribution is -0.140. The molecule has 0 aromatic rings. The second-order valence-electron chi connectivity index (χ2n) is 9.75. The zero-order valence-electron chi connectivity index (χ0n) is 14.2. The molecule has 122 valence electrons. The van der Waals surface area contributed by atoms with Crippen molar-refractivity contribution >= 4 is 5.78 Å². The van der Waals surface area contributed by atoms with Gasteiger partial charge in [-0.3, -0.25) is 4.79 Å². The lowest BCUT2D eigenvalue weighted by Crippen LogP contribution is -2.54. The van der Waals surface area contributed by atoms with Crippen molar-refractivity contribution in [3.8, 4) is 0 Å². The summed E-state index contributed by atoms with van der Waals surface area (Å²) >= 11 is 0. The summed E-state index contributed by atoms with van der Waals surface area (Å²) in [6, 6.07) is 0. The number of carbonyl (C=O) groups is 1. The number of fused-ring (bicyclic) bond motifs is 5. The molecule has 0 radical (unpaired) electrons. The van der Waals surface area contributed by atoms with Crippen LogP contribution in [0.2, 0.25) is 0 Å². The number of epoxide rings is 1. The standard InChI is InChI=1S/C20H30O2/c1-18-9-10-20(12-22-20)11-13(18)3-4-14-15-5-6-17(21)19(15,2)8-7-16(14)18/h13-16H,3-12H2,1-2H3. The Hall–Kier alpha value is -0.370. The van der Waals surface area contributed by atoms with E-state index in [1.165, 1.54) is 51.4 Å². The van der Waals surface area contributed by atoms with Gasteiger partial charge in [-0.1, -0.05) is 13.8 Å². The molecule has 0 aromatic heterocycles. The van der Waals surface area contributed by atoms with E-state index in [1.54, 1.807) is 0 Å². The van der Waals surface area contributed by atoms with Gasteiger partial charge in [0.1, 0.15) is 5.78 Å². The Labute approximate surface area is 134 Å². The molecule has 7 unspecified atom stereocenters. The first kappa shape index (κ1) is 14.0. The van der Waals surface area contributed by atoms with Crippen LogP contribution in [0.5, 0.6) is 0 Å². The molecule has 0 amide bonds. The fraction of sp³-hybridized carbons (Fsp3) is 0.950. The molecule has 4 aliphatic carbocycles. The van der Waals surface area contributed by atoms with E-state index in [0.717, 1.165) is 30.8 Å². The maximum atomic E-state index is 12.4. The van der Waals surface area contributed by atoms with Crippen LogP contribution in [0.4, 0.5) is 0 Å². The Morgan fingerprint density at radius 2 is 1.82 bits per heavy atom.